The Morgan fingerprint density at radius 1 is 1.26 bits per heavy atom. The van der Waals surface area contributed by atoms with Crippen molar-refractivity contribution in [2.24, 2.45) is 0 Å². The molecule has 0 unspecified atom stereocenters. The van der Waals surface area contributed by atoms with Crippen LogP contribution in [0.5, 0.6) is 0 Å². The SMILES string of the molecule is CNCc1cc(-c2cccc(C(C)=O)c2F)n(S(=O)(=O)c2cccnc2)c1. The fraction of sp³-hybridized carbons (Fsp3) is 0.158. The van der Waals surface area contributed by atoms with Gasteiger partial charge in [-0.15, -0.1) is 0 Å². The lowest BCUT2D eigenvalue weighted by atomic mass is 10.0. The molecule has 0 aliphatic rings. The van der Waals surface area contributed by atoms with Crippen LogP contribution in [-0.4, -0.2) is 30.2 Å². The fourth-order valence-corrected chi connectivity index (χ4v) is 4.16. The summed E-state index contributed by atoms with van der Waals surface area (Å²) in [6.45, 7) is 1.66. The van der Waals surface area contributed by atoms with E-state index in [1.807, 2.05) is 0 Å². The van der Waals surface area contributed by atoms with E-state index in [0.717, 1.165) is 3.97 Å². The smallest absolute Gasteiger partial charge is 0.269 e. The number of ketones is 1. The van der Waals surface area contributed by atoms with Crippen molar-refractivity contribution in [3.63, 3.8) is 0 Å². The predicted octanol–water partition coefficient (Wildman–Crippen LogP) is 2.85. The van der Waals surface area contributed by atoms with Crippen molar-refractivity contribution in [3.05, 3.63) is 71.9 Å². The Balaban J connectivity index is 2.26. The minimum atomic E-state index is -3.99. The number of nitrogens with one attached hydrogen (secondary N) is 1. The third kappa shape index (κ3) is 3.54. The van der Waals surface area contributed by atoms with Gasteiger partial charge in [-0.25, -0.2) is 16.8 Å². The zero-order valence-electron chi connectivity index (χ0n) is 14.8. The number of Topliss-reactive ketones (excluding diaryl/α,β-unsaturated/α-hetero) is 1. The van der Waals surface area contributed by atoms with Gasteiger partial charge in [0.1, 0.15) is 10.7 Å². The van der Waals surface area contributed by atoms with E-state index in [1.54, 1.807) is 13.1 Å². The van der Waals surface area contributed by atoms with Crippen LogP contribution >= 0.6 is 0 Å². The minimum Gasteiger partial charge on any atom is -0.316 e. The zero-order chi connectivity index (χ0) is 19.6. The second-order valence-electron chi connectivity index (χ2n) is 5.98. The first-order chi connectivity index (χ1) is 12.9. The average Bonchev–Trinajstić information content (AvgIpc) is 3.07. The molecule has 1 N–H and O–H groups in total. The van der Waals surface area contributed by atoms with E-state index in [0.29, 0.717) is 12.1 Å². The van der Waals surface area contributed by atoms with Crippen LogP contribution in [0.1, 0.15) is 22.8 Å². The highest BCUT2D eigenvalue weighted by molar-refractivity contribution is 7.90. The fourth-order valence-electron chi connectivity index (χ4n) is 2.81. The number of hydrogen-bond donors (Lipinski definition) is 1. The lowest BCUT2D eigenvalue weighted by Crippen LogP contribution is -2.14. The topological polar surface area (TPSA) is 81.1 Å². The predicted molar refractivity (Wildman–Crippen MR) is 99.4 cm³/mol. The molecule has 2 heterocycles. The average molecular weight is 387 g/mol. The maximum Gasteiger partial charge on any atom is 0.269 e. The molecule has 0 bridgehead atoms. The van der Waals surface area contributed by atoms with Gasteiger partial charge in [0.2, 0.25) is 0 Å². The number of pyridine rings is 1. The van der Waals surface area contributed by atoms with Crippen molar-refractivity contribution < 1.29 is 17.6 Å². The van der Waals surface area contributed by atoms with Crippen LogP contribution in [0.4, 0.5) is 4.39 Å². The van der Waals surface area contributed by atoms with E-state index >= 15 is 0 Å². The van der Waals surface area contributed by atoms with Gasteiger partial charge < -0.3 is 5.32 Å². The number of benzene rings is 1. The molecule has 0 saturated carbocycles. The molecule has 0 aliphatic carbocycles. The quantitative estimate of drug-likeness (QED) is 0.658. The normalized spacial score (nSPS) is 11.5. The minimum absolute atomic E-state index is 0.0130. The molecule has 0 aliphatic heterocycles. The van der Waals surface area contributed by atoms with Crippen LogP contribution in [-0.2, 0) is 16.6 Å². The van der Waals surface area contributed by atoms with Crippen LogP contribution in [0.3, 0.4) is 0 Å². The van der Waals surface area contributed by atoms with Crippen LogP contribution in [0.2, 0.25) is 0 Å². The molecule has 0 fully saturated rings. The van der Waals surface area contributed by atoms with Crippen molar-refractivity contribution in [1.29, 1.82) is 0 Å². The second-order valence-corrected chi connectivity index (χ2v) is 7.79. The van der Waals surface area contributed by atoms with Crippen molar-refractivity contribution >= 4 is 15.8 Å². The highest BCUT2D eigenvalue weighted by atomic mass is 32.2. The number of carbonyl (C=O) groups is 1. The van der Waals surface area contributed by atoms with Gasteiger partial charge in [0.25, 0.3) is 10.0 Å². The molecule has 6 nitrogen and oxygen atoms in total. The monoisotopic (exact) mass is 387 g/mol. The Hall–Kier alpha value is -2.84. The van der Waals surface area contributed by atoms with Crippen molar-refractivity contribution in [1.82, 2.24) is 14.3 Å². The number of aromatic nitrogens is 2. The van der Waals surface area contributed by atoms with E-state index in [9.17, 15) is 17.6 Å². The summed E-state index contributed by atoms with van der Waals surface area (Å²) in [7, 11) is -2.26. The van der Waals surface area contributed by atoms with Gasteiger partial charge in [-0.2, -0.15) is 0 Å². The number of carbonyl (C=O) groups excluding carboxylic acids is 1. The lowest BCUT2D eigenvalue weighted by Gasteiger charge is -2.12. The molecular formula is C19H18FN3O3S. The van der Waals surface area contributed by atoms with Gasteiger partial charge in [0, 0.05) is 30.7 Å². The number of nitrogens with zero attached hydrogens (tertiary/aromatic N) is 2. The van der Waals surface area contributed by atoms with E-state index in [4.69, 9.17) is 0 Å². The molecular weight excluding hydrogens is 369 g/mol. The Labute approximate surface area is 156 Å². The lowest BCUT2D eigenvalue weighted by molar-refractivity contribution is 0.101. The molecule has 0 atom stereocenters. The molecule has 8 heteroatoms. The van der Waals surface area contributed by atoms with Crippen LogP contribution in [0.15, 0.2) is 59.9 Å². The van der Waals surface area contributed by atoms with Gasteiger partial charge in [-0.05, 0) is 49.9 Å². The summed E-state index contributed by atoms with van der Waals surface area (Å²) < 4.78 is 42.1. The van der Waals surface area contributed by atoms with Crippen LogP contribution in [0, 0.1) is 5.82 Å². The molecule has 3 aromatic rings. The first kappa shape index (κ1) is 18.9. The molecule has 1 aromatic carbocycles. The third-order valence-electron chi connectivity index (χ3n) is 4.07. The van der Waals surface area contributed by atoms with Crippen LogP contribution < -0.4 is 5.32 Å². The first-order valence-electron chi connectivity index (χ1n) is 8.17. The van der Waals surface area contributed by atoms with E-state index < -0.39 is 21.6 Å². The summed E-state index contributed by atoms with van der Waals surface area (Å²) in [4.78, 5) is 15.5. The molecule has 0 spiro atoms. The van der Waals surface area contributed by atoms with Gasteiger partial charge in [-0.1, -0.05) is 6.07 Å². The molecule has 27 heavy (non-hydrogen) atoms. The second kappa shape index (κ2) is 7.42. The number of hydrogen-bond acceptors (Lipinski definition) is 5. The summed E-state index contributed by atoms with van der Waals surface area (Å²) in [6, 6.07) is 8.88. The van der Waals surface area contributed by atoms with Crippen molar-refractivity contribution in [3.8, 4) is 11.3 Å². The van der Waals surface area contributed by atoms with Crippen molar-refractivity contribution in [2.75, 3.05) is 7.05 Å². The summed E-state index contributed by atoms with van der Waals surface area (Å²) in [6.07, 6.45) is 4.14. The Morgan fingerprint density at radius 2 is 2.04 bits per heavy atom. The van der Waals surface area contributed by atoms with Gasteiger partial charge >= 0.3 is 0 Å². The molecule has 0 saturated heterocycles. The number of halogens is 1. The summed E-state index contributed by atoms with van der Waals surface area (Å²) in [5, 5.41) is 2.94. The van der Waals surface area contributed by atoms with Crippen LogP contribution in [0.25, 0.3) is 11.3 Å². The highest BCUT2D eigenvalue weighted by Crippen LogP contribution is 2.30. The summed E-state index contributed by atoms with van der Waals surface area (Å²) in [5.74, 6) is -1.18. The van der Waals surface area contributed by atoms with E-state index in [1.165, 1.54) is 55.8 Å². The van der Waals surface area contributed by atoms with Gasteiger partial charge in [0.05, 0.1) is 11.3 Å². The maximum atomic E-state index is 14.9. The van der Waals surface area contributed by atoms with Crippen molar-refractivity contribution in [2.45, 2.75) is 18.4 Å². The van der Waals surface area contributed by atoms with E-state index in [-0.39, 0.29) is 21.7 Å². The Kier molecular flexibility index (Phi) is 5.20. The standard InChI is InChI=1S/C19H18FN3O3S/c1-13(24)16-6-3-7-17(19(16)20)18-9-14(10-21-2)12-23(18)27(25,26)15-5-4-8-22-11-15/h3-9,11-12,21H,10H2,1-2H3. The molecule has 0 radical (unpaired) electrons. The molecule has 140 valence electrons. The third-order valence-corrected chi connectivity index (χ3v) is 5.73. The zero-order valence-corrected chi connectivity index (χ0v) is 15.6. The largest absolute Gasteiger partial charge is 0.316 e. The Bertz CT molecular complexity index is 1090. The molecule has 0 amide bonds. The maximum absolute atomic E-state index is 14.9. The first-order valence-corrected chi connectivity index (χ1v) is 9.61. The summed E-state index contributed by atoms with van der Waals surface area (Å²) >= 11 is 0. The number of rotatable bonds is 6. The molecule has 3 rings (SSSR count). The summed E-state index contributed by atoms with van der Waals surface area (Å²) in [5.41, 5.74) is 0.754. The van der Waals surface area contributed by atoms with Gasteiger partial charge in [-0.3, -0.25) is 9.78 Å². The Morgan fingerprint density at radius 3 is 2.67 bits per heavy atom. The van der Waals surface area contributed by atoms with E-state index in [2.05, 4.69) is 10.3 Å². The highest BCUT2D eigenvalue weighted by Gasteiger charge is 2.24. The molecule has 2 aromatic heterocycles. The van der Waals surface area contributed by atoms with Gasteiger partial charge in [0.15, 0.2) is 5.78 Å².